The van der Waals surface area contributed by atoms with Gasteiger partial charge in [-0.3, -0.25) is 0 Å². The Kier molecular flexibility index (Phi) is 4.41. The number of carbonyl (C=O) groups excluding carboxylic acids is 1. The first-order valence-corrected chi connectivity index (χ1v) is 4.97. The van der Waals surface area contributed by atoms with E-state index in [1.807, 2.05) is 0 Å². The van der Waals surface area contributed by atoms with Gasteiger partial charge in [0.25, 0.3) is 0 Å². The second-order valence-corrected chi connectivity index (χ2v) is 3.18. The molecule has 0 amide bonds. The highest BCUT2D eigenvalue weighted by Gasteiger charge is 2.30. The molecule has 1 rings (SSSR count). The molecule has 100 valence electrons. The quantitative estimate of drug-likeness (QED) is 0.470. The molecule has 0 aliphatic carbocycles. The summed E-state index contributed by atoms with van der Waals surface area (Å²) in [4.78, 5) is 24.2. The number of carbonyl (C=O) groups is 1. The molecule has 0 saturated carbocycles. The number of nitriles is 1. The van der Waals surface area contributed by atoms with Gasteiger partial charge in [0.1, 0.15) is 6.07 Å². The maximum atomic E-state index is 12.6. The third kappa shape index (κ3) is 2.98. The van der Waals surface area contributed by atoms with E-state index >= 15 is 0 Å². The molecule has 0 fully saturated rings. The molecule has 19 heavy (non-hydrogen) atoms. The molecule has 0 aliphatic heterocycles. The molecular weight excluding hydrogens is 264 g/mol. The first-order chi connectivity index (χ1) is 8.92. The number of halogens is 2. The van der Waals surface area contributed by atoms with E-state index in [0.717, 1.165) is 0 Å². The van der Waals surface area contributed by atoms with Crippen molar-refractivity contribution in [3.8, 4) is 6.07 Å². The van der Waals surface area contributed by atoms with Crippen LogP contribution in [0, 0.1) is 21.4 Å². The summed E-state index contributed by atoms with van der Waals surface area (Å²) in [5.41, 5.74) is -2.26. The van der Waals surface area contributed by atoms with Gasteiger partial charge in [0, 0.05) is 6.07 Å². The minimum Gasteiger partial charge on any atom is -0.462 e. The second kappa shape index (κ2) is 5.81. The average Bonchev–Trinajstić information content (AvgIpc) is 2.36. The topological polar surface area (TPSA) is 106 Å². The Bertz CT molecular complexity index is 569. The molecule has 9 heteroatoms. The van der Waals surface area contributed by atoms with Crippen molar-refractivity contribution in [1.29, 1.82) is 5.26 Å². The standard InChI is InChI=1S/C10H7F2N3O4/c1-2-19-10(16)5-3-7(8(11)12)14-9(15(17)18)6(5)4-13/h3,8H,2H2,1H3. The number of ether oxygens (including phenoxy) is 1. The Hall–Kier alpha value is -2.63. The Balaban J connectivity index is 3.55. The fourth-order valence-corrected chi connectivity index (χ4v) is 1.27. The third-order valence-electron chi connectivity index (χ3n) is 2.02. The van der Waals surface area contributed by atoms with Gasteiger partial charge in [0.2, 0.25) is 5.69 Å². The Labute approximate surface area is 105 Å². The molecule has 1 aromatic rings. The average molecular weight is 271 g/mol. The first-order valence-electron chi connectivity index (χ1n) is 4.97. The van der Waals surface area contributed by atoms with E-state index in [1.54, 1.807) is 0 Å². The fourth-order valence-electron chi connectivity index (χ4n) is 1.27. The molecule has 0 spiro atoms. The van der Waals surface area contributed by atoms with Gasteiger partial charge in [-0.25, -0.2) is 13.6 Å². The molecule has 1 heterocycles. The molecule has 0 bridgehead atoms. The summed E-state index contributed by atoms with van der Waals surface area (Å²) in [5.74, 6) is -2.19. The number of hydrogen-bond donors (Lipinski definition) is 0. The number of nitrogens with zero attached hydrogens (tertiary/aromatic N) is 3. The van der Waals surface area contributed by atoms with Crippen LogP contribution in [0.15, 0.2) is 6.07 Å². The van der Waals surface area contributed by atoms with Crippen molar-refractivity contribution in [1.82, 2.24) is 4.98 Å². The minimum atomic E-state index is -3.11. The second-order valence-electron chi connectivity index (χ2n) is 3.18. The highest BCUT2D eigenvalue weighted by atomic mass is 19.3. The molecule has 0 radical (unpaired) electrons. The predicted octanol–water partition coefficient (Wildman–Crippen LogP) is 1.98. The highest BCUT2D eigenvalue weighted by Crippen LogP contribution is 2.26. The lowest BCUT2D eigenvalue weighted by atomic mass is 10.1. The van der Waals surface area contributed by atoms with Crippen molar-refractivity contribution in [2.24, 2.45) is 0 Å². The van der Waals surface area contributed by atoms with E-state index in [4.69, 9.17) is 5.26 Å². The fraction of sp³-hybridized carbons (Fsp3) is 0.300. The van der Waals surface area contributed by atoms with Gasteiger partial charge in [-0.15, -0.1) is 0 Å². The van der Waals surface area contributed by atoms with E-state index in [0.29, 0.717) is 6.07 Å². The van der Waals surface area contributed by atoms with E-state index in [-0.39, 0.29) is 6.61 Å². The number of esters is 1. The van der Waals surface area contributed by atoms with Crippen molar-refractivity contribution in [3.05, 3.63) is 33.0 Å². The number of alkyl halides is 2. The summed E-state index contributed by atoms with van der Waals surface area (Å²) in [7, 11) is 0. The maximum Gasteiger partial charge on any atom is 0.382 e. The zero-order chi connectivity index (χ0) is 14.6. The van der Waals surface area contributed by atoms with Crippen molar-refractivity contribution in [3.63, 3.8) is 0 Å². The number of nitro groups is 1. The Morgan fingerprint density at radius 3 is 2.74 bits per heavy atom. The van der Waals surface area contributed by atoms with E-state index in [1.165, 1.54) is 13.0 Å². The molecule has 0 aliphatic rings. The smallest absolute Gasteiger partial charge is 0.382 e. The largest absolute Gasteiger partial charge is 0.462 e. The molecule has 0 aromatic carbocycles. The lowest BCUT2D eigenvalue weighted by molar-refractivity contribution is -0.390. The summed E-state index contributed by atoms with van der Waals surface area (Å²) in [5, 5.41) is 19.5. The van der Waals surface area contributed by atoms with Crippen LogP contribution in [0.3, 0.4) is 0 Å². The van der Waals surface area contributed by atoms with Gasteiger partial charge in [0.15, 0.2) is 5.56 Å². The molecule has 1 aromatic heterocycles. The number of aromatic nitrogens is 1. The first kappa shape index (κ1) is 14.4. The summed E-state index contributed by atoms with van der Waals surface area (Å²) in [6.07, 6.45) is -3.11. The van der Waals surface area contributed by atoms with Crippen molar-refractivity contribution < 1.29 is 23.2 Å². The van der Waals surface area contributed by atoms with Gasteiger partial charge in [-0.05, 0) is 16.8 Å². The van der Waals surface area contributed by atoms with Crippen molar-refractivity contribution >= 4 is 11.8 Å². The van der Waals surface area contributed by atoms with Gasteiger partial charge < -0.3 is 14.9 Å². The van der Waals surface area contributed by atoms with Crippen molar-refractivity contribution in [2.45, 2.75) is 13.3 Å². The summed E-state index contributed by atoms with van der Waals surface area (Å²) >= 11 is 0. The van der Waals surface area contributed by atoms with E-state index in [9.17, 15) is 23.7 Å². The Morgan fingerprint density at radius 2 is 2.32 bits per heavy atom. The molecule has 7 nitrogen and oxygen atoms in total. The van der Waals surface area contributed by atoms with Crippen LogP contribution < -0.4 is 0 Å². The maximum absolute atomic E-state index is 12.6. The van der Waals surface area contributed by atoms with Crippen molar-refractivity contribution in [2.75, 3.05) is 6.61 Å². The molecule has 0 N–H and O–H groups in total. The van der Waals surface area contributed by atoms with E-state index in [2.05, 4.69) is 9.72 Å². The lowest BCUT2D eigenvalue weighted by Crippen LogP contribution is -2.11. The number of hydrogen-bond acceptors (Lipinski definition) is 6. The van der Waals surface area contributed by atoms with Crippen LogP contribution in [0.5, 0.6) is 0 Å². The Morgan fingerprint density at radius 1 is 1.68 bits per heavy atom. The molecule has 0 unspecified atom stereocenters. The van der Waals surface area contributed by atoms with E-state index < -0.39 is 40.0 Å². The highest BCUT2D eigenvalue weighted by molar-refractivity contribution is 5.93. The summed E-state index contributed by atoms with van der Waals surface area (Å²) < 4.78 is 29.7. The predicted molar refractivity (Wildman–Crippen MR) is 56.5 cm³/mol. The van der Waals surface area contributed by atoms with Crippen LogP contribution in [0.2, 0.25) is 0 Å². The monoisotopic (exact) mass is 271 g/mol. The number of pyridine rings is 1. The van der Waals surface area contributed by atoms with Crippen LogP contribution in [-0.2, 0) is 4.74 Å². The minimum absolute atomic E-state index is 0.0656. The third-order valence-corrected chi connectivity index (χ3v) is 2.02. The van der Waals surface area contributed by atoms with Gasteiger partial charge in [-0.1, -0.05) is 0 Å². The van der Waals surface area contributed by atoms with Crippen LogP contribution in [0.1, 0.15) is 35.0 Å². The van der Waals surface area contributed by atoms with Gasteiger partial charge in [0.05, 0.1) is 12.2 Å². The lowest BCUT2D eigenvalue weighted by Gasteiger charge is -2.05. The van der Waals surface area contributed by atoms with Crippen LogP contribution in [0.25, 0.3) is 0 Å². The van der Waals surface area contributed by atoms with Crippen LogP contribution in [-0.4, -0.2) is 22.5 Å². The number of rotatable bonds is 4. The molecule has 0 atom stereocenters. The zero-order valence-corrected chi connectivity index (χ0v) is 9.59. The summed E-state index contributed by atoms with van der Waals surface area (Å²) in [6.45, 7) is 1.40. The van der Waals surface area contributed by atoms with Crippen LogP contribution in [0.4, 0.5) is 14.6 Å². The SMILES string of the molecule is CCOC(=O)c1cc(C(F)F)nc([N+](=O)[O-])c1C#N. The van der Waals surface area contributed by atoms with Crippen LogP contribution >= 0.6 is 0 Å². The molecule has 0 saturated heterocycles. The normalized spacial score (nSPS) is 10.1. The molecular formula is C10H7F2N3O4. The summed E-state index contributed by atoms with van der Waals surface area (Å²) in [6, 6.07) is 2.02. The van der Waals surface area contributed by atoms with Gasteiger partial charge >= 0.3 is 18.2 Å². The van der Waals surface area contributed by atoms with Gasteiger partial charge in [-0.2, -0.15) is 5.26 Å². The zero-order valence-electron chi connectivity index (χ0n) is 9.59.